The topological polar surface area (TPSA) is 97.5 Å². The summed E-state index contributed by atoms with van der Waals surface area (Å²) >= 11 is 5.09. The summed E-state index contributed by atoms with van der Waals surface area (Å²) in [6, 6.07) is 0. The SMILES string of the molecule is CCC(=O)C1=C(O)CC(c2c(C)c(CC(N)=S)c(C)c(C(C)=O)c2C)CC1=O. The Hall–Kier alpha value is -2.34. The van der Waals surface area contributed by atoms with Crippen molar-refractivity contribution < 1.29 is 19.5 Å². The van der Waals surface area contributed by atoms with Gasteiger partial charge in [0.25, 0.3) is 0 Å². The molecule has 6 heteroatoms. The molecule has 0 fully saturated rings. The normalized spacial score (nSPS) is 17.0. The Balaban J connectivity index is 2.69. The van der Waals surface area contributed by atoms with Crippen molar-refractivity contribution in [1.82, 2.24) is 0 Å². The standard InChI is InChI=1S/C22H27NO4S/c1-6-16(25)22-17(26)7-14(8-18(22)27)21-11(3)15(9-19(23)28)10(2)20(12(21)4)13(5)24/h14,26H,6-9H2,1-5H3,(H2,23,28). The average Bonchev–Trinajstić information content (AvgIpc) is 2.57. The van der Waals surface area contributed by atoms with E-state index in [4.69, 9.17) is 18.0 Å². The second-order valence-corrected chi connectivity index (χ2v) is 7.99. The maximum atomic E-state index is 12.6. The highest BCUT2D eigenvalue weighted by atomic mass is 32.1. The Morgan fingerprint density at radius 2 is 1.75 bits per heavy atom. The number of nitrogens with two attached hydrogens (primary N) is 1. The van der Waals surface area contributed by atoms with Gasteiger partial charge in [0.15, 0.2) is 17.3 Å². The average molecular weight is 402 g/mol. The molecule has 150 valence electrons. The molecular weight excluding hydrogens is 374 g/mol. The fourth-order valence-corrected chi connectivity index (χ4v) is 4.61. The van der Waals surface area contributed by atoms with E-state index in [1.54, 1.807) is 6.92 Å². The minimum Gasteiger partial charge on any atom is -0.511 e. The van der Waals surface area contributed by atoms with E-state index in [0.29, 0.717) is 17.0 Å². The van der Waals surface area contributed by atoms with E-state index in [0.717, 1.165) is 27.8 Å². The van der Waals surface area contributed by atoms with Crippen LogP contribution in [-0.4, -0.2) is 27.4 Å². The molecule has 2 rings (SSSR count). The van der Waals surface area contributed by atoms with Gasteiger partial charge in [-0.1, -0.05) is 19.1 Å². The number of hydrogen-bond acceptors (Lipinski definition) is 5. The lowest BCUT2D eigenvalue weighted by atomic mass is 9.74. The third-order valence-electron chi connectivity index (χ3n) is 5.61. The zero-order chi connectivity index (χ0) is 21.3. The maximum Gasteiger partial charge on any atom is 0.170 e. The number of ketones is 3. The molecule has 28 heavy (non-hydrogen) atoms. The first-order valence-electron chi connectivity index (χ1n) is 9.41. The summed E-state index contributed by atoms with van der Waals surface area (Å²) in [5, 5.41) is 10.4. The first kappa shape index (κ1) is 22.0. The molecule has 1 aromatic carbocycles. The van der Waals surface area contributed by atoms with Gasteiger partial charge in [0.05, 0.1) is 10.6 Å². The van der Waals surface area contributed by atoms with Crippen LogP contribution in [0.5, 0.6) is 0 Å². The highest BCUT2D eigenvalue weighted by Crippen LogP contribution is 2.40. The van der Waals surface area contributed by atoms with Gasteiger partial charge in [-0.25, -0.2) is 0 Å². The van der Waals surface area contributed by atoms with E-state index in [9.17, 15) is 19.5 Å². The second kappa shape index (κ2) is 8.35. The summed E-state index contributed by atoms with van der Waals surface area (Å²) in [7, 11) is 0. The number of rotatable bonds is 6. The predicted molar refractivity (Wildman–Crippen MR) is 113 cm³/mol. The van der Waals surface area contributed by atoms with Gasteiger partial charge in [-0.2, -0.15) is 0 Å². The van der Waals surface area contributed by atoms with Crippen LogP contribution in [0.15, 0.2) is 11.3 Å². The van der Waals surface area contributed by atoms with Gasteiger partial charge < -0.3 is 10.8 Å². The van der Waals surface area contributed by atoms with Crippen LogP contribution in [-0.2, 0) is 16.0 Å². The highest BCUT2D eigenvalue weighted by molar-refractivity contribution is 7.80. The van der Waals surface area contributed by atoms with Crippen LogP contribution in [0.25, 0.3) is 0 Å². The number of carbonyl (C=O) groups excluding carboxylic acids is 3. The van der Waals surface area contributed by atoms with Crippen molar-refractivity contribution in [1.29, 1.82) is 0 Å². The number of benzene rings is 1. The van der Waals surface area contributed by atoms with Gasteiger partial charge >= 0.3 is 0 Å². The zero-order valence-corrected chi connectivity index (χ0v) is 17.9. The summed E-state index contributed by atoms with van der Waals surface area (Å²) in [4.78, 5) is 37.3. The van der Waals surface area contributed by atoms with Crippen LogP contribution in [0.2, 0.25) is 0 Å². The number of carbonyl (C=O) groups is 3. The second-order valence-electron chi connectivity index (χ2n) is 7.47. The van der Waals surface area contributed by atoms with Gasteiger partial charge in [0.2, 0.25) is 0 Å². The minimum absolute atomic E-state index is 0.0656. The van der Waals surface area contributed by atoms with Crippen LogP contribution in [0.4, 0.5) is 0 Å². The molecule has 0 radical (unpaired) electrons. The molecule has 1 unspecified atom stereocenters. The van der Waals surface area contributed by atoms with E-state index in [1.807, 2.05) is 20.8 Å². The Morgan fingerprint density at radius 3 is 2.21 bits per heavy atom. The van der Waals surface area contributed by atoms with E-state index in [2.05, 4.69) is 0 Å². The number of aliphatic hydroxyl groups is 1. The van der Waals surface area contributed by atoms with Crippen LogP contribution in [0.1, 0.15) is 77.2 Å². The van der Waals surface area contributed by atoms with Crippen molar-refractivity contribution in [3.8, 4) is 0 Å². The van der Waals surface area contributed by atoms with Crippen molar-refractivity contribution in [3.63, 3.8) is 0 Å². The first-order chi connectivity index (χ1) is 13.0. The Morgan fingerprint density at radius 1 is 1.14 bits per heavy atom. The van der Waals surface area contributed by atoms with Crippen molar-refractivity contribution >= 4 is 34.6 Å². The van der Waals surface area contributed by atoms with Crippen LogP contribution < -0.4 is 5.73 Å². The van der Waals surface area contributed by atoms with Crippen LogP contribution in [0, 0.1) is 20.8 Å². The molecule has 0 bridgehead atoms. The molecule has 1 aromatic rings. The quantitative estimate of drug-likeness (QED) is 0.426. The molecule has 1 aliphatic carbocycles. The largest absolute Gasteiger partial charge is 0.511 e. The summed E-state index contributed by atoms with van der Waals surface area (Å²) in [6.07, 6.45) is 0.856. The van der Waals surface area contributed by atoms with Crippen molar-refractivity contribution in [3.05, 3.63) is 44.7 Å². The maximum absolute atomic E-state index is 12.6. The van der Waals surface area contributed by atoms with E-state index >= 15 is 0 Å². The van der Waals surface area contributed by atoms with Gasteiger partial charge in [-0.05, 0) is 61.4 Å². The van der Waals surface area contributed by atoms with Gasteiger partial charge in [-0.15, -0.1) is 0 Å². The zero-order valence-electron chi connectivity index (χ0n) is 17.1. The summed E-state index contributed by atoms with van der Waals surface area (Å²) in [5.41, 5.74) is 10.7. The minimum atomic E-state index is -0.347. The van der Waals surface area contributed by atoms with Crippen molar-refractivity contribution in [2.45, 2.75) is 66.2 Å². The molecule has 0 aliphatic heterocycles. The lowest BCUT2D eigenvalue weighted by Crippen LogP contribution is -2.25. The fourth-order valence-electron chi connectivity index (χ4n) is 4.46. The van der Waals surface area contributed by atoms with E-state index in [-0.39, 0.29) is 53.9 Å². The molecule has 5 nitrogen and oxygen atoms in total. The number of Topliss-reactive ketones (excluding diaryl/α,β-unsaturated/α-hetero) is 3. The lowest BCUT2D eigenvalue weighted by molar-refractivity contribution is -0.122. The number of allylic oxidation sites excluding steroid dienone is 2. The monoisotopic (exact) mass is 401 g/mol. The lowest BCUT2D eigenvalue weighted by Gasteiger charge is -2.29. The van der Waals surface area contributed by atoms with Crippen LogP contribution in [0.3, 0.4) is 0 Å². The Bertz CT molecular complexity index is 927. The molecule has 0 aromatic heterocycles. The fraction of sp³-hybridized carbons (Fsp3) is 0.455. The number of thiocarbonyl (C=S) groups is 1. The van der Waals surface area contributed by atoms with Crippen molar-refractivity contribution in [2.24, 2.45) is 5.73 Å². The molecule has 3 N–H and O–H groups in total. The van der Waals surface area contributed by atoms with Gasteiger partial charge in [-0.3, -0.25) is 14.4 Å². The highest BCUT2D eigenvalue weighted by Gasteiger charge is 2.34. The van der Waals surface area contributed by atoms with Gasteiger partial charge in [0.1, 0.15) is 5.76 Å². The molecule has 0 spiro atoms. The Kier molecular flexibility index (Phi) is 6.55. The third kappa shape index (κ3) is 3.92. The number of hydrogen-bond donors (Lipinski definition) is 2. The molecule has 0 saturated carbocycles. The molecule has 0 amide bonds. The molecule has 0 saturated heterocycles. The van der Waals surface area contributed by atoms with Gasteiger partial charge in [0, 0.05) is 31.2 Å². The number of aliphatic hydroxyl groups excluding tert-OH is 1. The van der Waals surface area contributed by atoms with Crippen LogP contribution >= 0.6 is 12.2 Å². The molecule has 0 heterocycles. The Labute approximate surface area is 171 Å². The molecule has 1 atom stereocenters. The smallest absolute Gasteiger partial charge is 0.170 e. The summed E-state index contributed by atoms with van der Waals surface area (Å²) < 4.78 is 0. The van der Waals surface area contributed by atoms with E-state index < -0.39 is 0 Å². The molecular formula is C22H27NO4S. The predicted octanol–water partition coefficient (Wildman–Crippen LogP) is 3.88. The molecule has 1 aliphatic rings. The van der Waals surface area contributed by atoms with Crippen molar-refractivity contribution in [2.75, 3.05) is 0 Å². The summed E-state index contributed by atoms with van der Waals surface area (Å²) in [5.74, 6) is -1.21. The first-order valence-corrected chi connectivity index (χ1v) is 9.82. The summed E-state index contributed by atoms with van der Waals surface area (Å²) in [6.45, 7) is 8.87. The third-order valence-corrected chi connectivity index (χ3v) is 5.76. The van der Waals surface area contributed by atoms with E-state index in [1.165, 1.54) is 6.92 Å².